The van der Waals surface area contributed by atoms with Gasteiger partial charge in [-0.3, -0.25) is 9.59 Å². The number of nitrogens with one attached hydrogen (secondary N) is 2. The third-order valence-corrected chi connectivity index (χ3v) is 3.52. The van der Waals surface area contributed by atoms with Gasteiger partial charge in [0.1, 0.15) is 6.42 Å². The lowest BCUT2D eigenvalue weighted by atomic mass is 10.1. The van der Waals surface area contributed by atoms with Crippen molar-refractivity contribution in [2.24, 2.45) is 0 Å². The van der Waals surface area contributed by atoms with Crippen LogP contribution in [-0.2, 0) is 16.0 Å². The highest BCUT2D eigenvalue weighted by atomic mass is 35.5. The molecule has 2 amide bonds. The van der Waals surface area contributed by atoms with Crippen molar-refractivity contribution < 1.29 is 9.59 Å². The summed E-state index contributed by atoms with van der Waals surface area (Å²) in [5, 5.41) is 6.52. The maximum Gasteiger partial charge on any atom is 0.233 e. The first-order valence-electron chi connectivity index (χ1n) is 7.09. The first-order valence-corrected chi connectivity index (χ1v) is 7.85. The van der Waals surface area contributed by atoms with Crippen LogP contribution in [0, 0.1) is 0 Å². The minimum absolute atomic E-state index is 0.234. The summed E-state index contributed by atoms with van der Waals surface area (Å²) in [6.07, 6.45) is 0.421. The second-order valence-electron chi connectivity index (χ2n) is 4.97. The van der Waals surface area contributed by atoms with Crippen LogP contribution in [0.4, 0.5) is 5.69 Å². The lowest BCUT2D eigenvalue weighted by molar-refractivity contribution is -0.126. The Morgan fingerprint density at radius 1 is 0.913 bits per heavy atom. The molecule has 6 heteroatoms. The van der Waals surface area contributed by atoms with E-state index in [1.165, 1.54) is 0 Å². The number of carbonyl (C=O) groups excluding carboxylic acids is 2. The summed E-state index contributed by atoms with van der Waals surface area (Å²) in [6, 6.07) is 14.2. The molecule has 0 saturated heterocycles. The molecule has 120 valence electrons. The van der Waals surface area contributed by atoms with Crippen LogP contribution in [0.25, 0.3) is 0 Å². The third kappa shape index (κ3) is 6.30. The van der Waals surface area contributed by atoms with Crippen molar-refractivity contribution in [3.8, 4) is 0 Å². The normalized spacial score (nSPS) is 10.2. The van der Waals surface area contributed by atoms with Crippen LogP contribution >= 0.6 is 23.2 Å². The molecule has 2 N–H and O–H groups in total. The molecule has 2 aromatic rings. The largest absolute Gasteiger partial charge is 0.355 e. The predicted octanol–water partition coefficient (Wildman–Crippen LogP) is 3.68. The Morgan fingerprint density at radius 3 is 2.30 bits per heavy atom. The van der Waals surface area contributed by atoms with Crippen molar-refractivity contribution in [1.29, 1.82) is 0 Å². The maximum absolute atomic E-state index is 11.8. The Bertz CT molecular complexity index is 704. The van der Waals surface area contributed by atoms with E-state index in [1.54, 1.807) is 30.3 Å². The van der Waals surface area contributed by atoms with Gasteiger partial charge in [0.15, 0.2) is 0 Å². The summed E-state index contributed by atoms with van der Waals surface area (Å²) in [7, 11) is 0. The summed E-state index contributed by atoms with van der Waals surface area (Å²) in [5.74, 6) is -0.709. The summed E-state index contributed by atoms with van der Waals surface area (Å²) < 4.78 is 0. The fourth-order valence-electron chi connectivity index (χ4n) is 2.02. The smallest absolute Gasteiger partial charge is 0.233 e. The van der Waals surface area contributed by atoms with E-state index in [0.29, 0.717) is 28.7 Å². The number of hydrogen-bond donors (Lipinski definition) is 2. The van der Waals surface area contributed by atoms with E-state index in [1.807, 2.05) is 18.2 Å². The molecular formula is C17H16Cl2N2O2. The van der Waals surface area contributed by atoms with E-state index in [0.717, 1.165) is 5.56 Å². The molecule has 0 heterocycles. The Hall–Kier alpha value is -2.04. The molecule has 2 aromatic carbocycles. The summed E-state index contributed by atoms with van der Waals surface area (Å²) in [4.78, 5) is 23.5. The molecule has 0 spiro atoms. The lowest BCUT2D eigenvalue weighted by Gasteiger charge is -2.07. The molecule has 0 bridgehead atoms. The van der Waals surface area contributed by atoms with Crippen LogP contribution in [0.3, 0.4) is 0 Å². The molecule has 0 aliphatic heterocycles. The predicted molar refractivity (Wildman–Crippen MR) is 92.9 cm³/mol. The van der Waals surface area contributed by atoms with Gasteiger partial charge < -0.3 is 10.6 Å². The average molecular weight is 351 g/mol. The van der Waals surface area contributed by atoms with Crippen LogP contribution in [0.5, 0.6) is 0 Å². The van der Waals surface area contributed by atoms with Crippen molar-refractivity contribution in [2.45, 2.75) is 12.8 Å². The van der Waals surface area contributed by atoms with Gasteiger partial charge in [-0.05, 0) is 42.3 Å². The molecule has 4 nitrogen and oxygen atoms in total. The summed E-state index contributed by atoms with van der Waals surface area (Å²) in [5.41, 5.74) is 1.59. The van der Waals surface area contributed by atoms with Crippen molar-refractivity contribution in [3.05, 3.63) is 64.1 Å². The average Bonchev–Trinajstić information content (AvgIpc) is 2.47. The molecule has 0 saturated carbocycles. The van der Waals surface area contributed by atoms with Gasteiger partial charge in [0.2, 0.25) is 11.8 Å². The van der Waals surface area contributed by atoms with Crippen molar-refractivity contribution in [2.75, 3.05) is 11.9 Å². The van der Waals surface area contributed by atoms with Gasteiger partial charge in [-0.2, -0.15) is 0 Å². The van der Waals surface area contributed by atoms with Gasteiger partial charge in [-0.1, -0.05) is 41.4 Å². The number of halogens is 2. The molecular weight excluding hydrogens is 335 g/mol. The number of rotatable bonds is 6. The fraction of sp³-hybridized carbons (Fsp3) is 0.176. The fourth-order valence-corrected chi connectivity index (χ4v) is 2.42. The third-order valence-electron chi connectivity index (χ3n) is 3.05. The molecule has 0 fully saturated rings. The number of hydrogen-bond acceptors (Lipinski definition) is 2. The first-order chi connectivity index (χ1) is 11.0. The van der Waals surface area contributed by atoms with Gasteiger partial charge >= 0.3 is 0 Å². The molecule has 0 unspecified atom stereocenters. The van der Waals surface area contributed by atoms with Crippen molar-refractivity contribution in [1.82, 2.24) is 5.32 Å². The number of benzene rings is 2. The first kappa shape index (κ1) is 17.3. The number of carbonyl (C=O) groups is 2. The second-order valence-corrected chi connectivity index (χ2v) is 5.84. The Labute approximate surface area is 144 Å². The Balaban J connectivity index is 1.73. The van der Waals surface area contributed by atoms with Crippen LogP contribution in [0.2, 0.25) is 10.0 Å². The quantitative estimate of drug-likeness (QED) is 0.780. The zero-order valence-corrected chi connectivity index (χ0v) is 13.8. The van der Waals surface area contributed by atoms with Crippen LogP contribution in [-0.4, -0.2) is 18.4 Å². The van der Waals surface area contributed by atoms with E-state index in [9.17, 15) is 9.59 Å². The summed E-state index contributed by atoms with van der Waals surface area (Å²) >= 11 is 11.7. The highest BCUT2D eigenvalue weighted by Gasteiger charge is 2.09. The van der Waals surface area contributed by atoms with Crippen LogP contribution in [0.15, 0.2) is 48.5 Å². The van der Waals surface area contributed by atoms with E-state index in [4.69, 9.17) is 23.2 Å². The Kier molecular flexibility index (Phi) is 6.44. The standard InChI is InChI=1S/C17H16Cl2N2O2/c18-13-4-1-3-12(9-13)7-8-20-16(22)11-17(23)21-15-6-2-5-14(19)10-15/h1-6,9-10H,7-8,11H2,(H,20,22)(H,21,23). The van der Waals surface area contributed by atoms with E-state index >= 15 is 0 Å². The van der Waals surface area contributed by atoms with E-state index in [2.05, 4.69) is 10.6 Å². The number of amides is 2. The van der Waals surface area contributed by atoms with Crippen LogP contribution < -0.4 is 10.6 Å². The Morgan fingerprint density at radius 2 is 1.61 bits per heavy atom. The molecule has 0 radical (unpaired) electrons. The molecule has 0 aliphatic rings. The van der Waals surface area contributed by atoms with Gasteiger partial charge in [-0.25, -0.2) is 0 Å². The molecule has 2 rings (SSSR count). The maximum atomic E-state index is 11.8. The molecule has 0 aromatic heterocycles. The zero-order chi connectivity index (χ0) is 16.7. The minimum atomic E-state index is -0.382. The number of anilines is 1. The van der Waals surface area contributed by atoms with Gasteiger partial charge in [0.05, 0.1) is 0 Å². The summed E-state index contributed by atoms with van der Waals surface area (Å²) in [6.45, 7) is 0.448. The highest BCUT2D eigenvalue weighted by Crippen LogP contribution is 2.15. The monoisotopic (exact) mass is 350 g/mol. The van der Waals surface area contributed by atoms with E-state index in [-0.39, 0.29) is 18.2 Å². The minimum Gasteiger partial charge on any atom is -0.355 e. The van der Waals surface area contributed by atoms with Gasteiger partial charge in [0.25, 0.3) is 0 Å². The molecule has 0 atom stereocenters. The van der Waals surface area contributed by atoms with Gasteiger partial charge in [0, 0.05) is 22.3 Å². The highest BCUT2D eigenvalue weighted by molar-refractivity contribution is 6.31. The van der Waals surface area contributed by atoms with Crippen LogP contribution in [0.1, 0.15) is 12.0 Å². The van der Waals surface area contributed by atoms with Crippen molar-refractivity contribution in [3.63, 3.8) is 0 Å². The SMILES string of the molecule is O=C(CC(=O)Nc1cccc(Cl)c1)NCCc1cccc(Cl)c1. The lowest BCUT2D eigenvalue weighted by Crippen LogP contribution is -2.29. The van der Waals surface area contributed by atoms with Gasteiger partial charge in [-0.15, -0.1) is 0 Å². The molecule has 0 aliphatic carbocycles. The van der Waals surface area contributed by atoms with Crippen molar-refractivity contribution >= 4 is 40.7 Å². The van der Waals surface area contributed by atoms with E-state index < -0.39 is 0 Å². The topological polar surface area (TPSA) is 58.2 Å². The zero-order valence-electron chi connectivity index (χ0n) is 12.3. The molecule has 23 heavy (non-hydrogen) atoms. The second kappa shape index (κ2) is 8.56.